The monoisotopic (exact) mass is 468 g/mol. The van der Waals surface area contributed by atoms with Crippen molar-refractivity contribution in [2.75, 3.05) is 0 Å². The van der Waals surface area contributed by atoms with Gasteiger partial charge in [-0.25, -0.2) is 0 Å². The molecule has 3 rings (SSSR count). The Hall–Kier alpha value is -2.40. The molecule has 3 heteroatoms. The van der Waals surface area contributed by atoms with Crippen LogP contribution < -0.4 is 4.74 Å². The molecule has 136 valence electrons. The lowest BCUT2D eigenvalue weighted by Gasteiger charge is -2.10. The highest BCUT2D eigenvalue weighted by molar-refractivity contribution is 14.1. The third kappa shape index (κ3) is 5.79. The second-order valence-electron chi connectivity index (χ2n) is 6.37. The third-order valence-corrected chi connectivity index (χ3v) is 5.07. The summed E-state index contributed by atoms with van der Waals surface area (Å²) in [5, 5.41) is 0. The first kappa shape index (κ1) is 19.4. The number of allylic oxidation sites excluding steroid dienone is 1. The van der Waals surface area contributed by atoms with E-state index in [4.69, 9.17) is 4.74 Å². The Labute approximate surface area is 174 Å². The molecular weight excluding hydrogens is 447 g/mol. The summed E-state index contributed by atoms with van der Waals surface area (Å²) >= 11 is 2.32. The molecule has 0 aliphatic carbocycles. The lowest BCUT2D eigenvalue weighted by atomic mass is 9.98. The minimum Gasteiger partial charge on any atom is -0.489 e. The summed E-state index contributed by atoms with van der Waals surface area (Å²) in [6.07, 6.45) is 2.52. The molecule has 0 bridgehead atoms. The number of carbonyl (C=O) groups is 1. The minimum atomic E-state index is 0.155. The first-order valence-corrected chi connectivity index (χ1v) is 9.91. The van der Waals surface area contributed by atoms with E-state index in [1.165, 1.54) is 0 Å². The number of carbonyl (C=O) groups excluding carboxylic acids is 1. The zero-order chi connectivity index (χ0) is 19.1. The second kappa shape index (κ2) is 9.51. The number of hydrogen-bond acceptors (Lipinski definition) is 2. The zero-order valence-corrected chi connectivity index (χ0v) is 17.3. The topological polar surface area (TPSA) is 26.3 Å². The first-order chi connectivity index (χ1) is 13.1. The summed E-state index contributed by atoms with van der Waals surface area (Å²) in [7, 11) is 0. The van der Waals surface area contributed by atoms with E-state index >= 15 is 0 Å². The smallest absolute Gasteiger partial charge is 0.134 e. The fraction of sp³-hybridized carbons (Fsp3) is 0.125. The molecule has 3 aromatic carbocycles. The number of hydrogen-bond donors (Lipinski definition) is 0. The van der Waals surface area contributed by atoms with Gasteiger partial charge in [-0.3, -0.25) is 4.79 Å². The number of ketones is 1. The number of ether oxygens (including phenoxy) is 1. The lowest BCUT2D eigenvalue weighted by Crippen LogP contribution is -1.96. The fourth-order valence-corrected chi connectivity index (χ4v) is 3.44. The van der Waals surface area contributed by atoms with Crippen molar-refractivity contribution in [3.05, 3.63) is 99.1 Å². The van der Waals surface area contributed by atoms with Gasteiger partial charge in [0, 0.05) is 9.99 Å². The van der Waals surface area contributed by atoms with Crippen LogP contribution in [-0.2, 0) is 11.4 Å². The van der Waals surface area contributed by atoms with Crippen LogP contribution in [0.25, 0.3) is 11.6 Å². The Kier molecular flexibility index (Phi) is 6.82. The van der Waals surface area contributed by atoms with Gasteiger partial charge in [-0.15, -0.1) is 0 Å². The lowest BCUT2D eigenvalue weighted by molar-refractivity contribution is -0.116. The van der Waals surface area contributed by atoms with Crippen LogP contribution >= 0.6 is 22.6 Å². The average Bonchev–Trinajstić information content (AvgIpc) is 2.69. The standard InChI is InChI=1S/C24H21IO2/c1-18(26)14-22(20-10-6-3-7-11-20)15-21-12-13-23(16-24(21)25)27-17-19-8-4-2-5-9-19/h2-13,15-16H,14,17H2,1H3/b22-15+. The van der Waals surface area contributed by atoms with E-state index in [0.29, 0.717) is 13.0 Å². The van der Waals surface area contributed by atoms with Crippen molar-refractivity contribution in [3.8, 4) is 5.75 Å². The van der Waals surface area contributed by atoms with Crippen LogP contribution in [0.3, 0.4) is 0 Å². The summed E-state index contributed by atoms with van der Waals surface area (Å²) in [6.45, 7) is 2.17. The molecule has 0 atom stereocenters. The largest absolute Gasteiger partial charge is 0.489 e. The van der Waals surface area contributed by atoms with Gasteiger partial charge in [0.2, 0.25) is 0 Å². The molecule has 0 aromatic heterocycles. The van der Waals surface area contributed by atoms with Crippen molar-refractivity contribution in [1.82, 2.24) is 0 Å². The molecule has 0 heterocycles. The van der Waals surface area contributed by atoms with Gasteiger partial charge in [-0.1, -0.05) is 66.7 Å². The van der Waals surface area contributed by atoms with Crippen LogP contribution in [0, 0.1) is 3.57 Å². The van der Waals surface area contributed by atoms with Gasteiger partial charge in [-0.05, 0) is 70.0 Å². The van der Waals surface area contributed by atoms with Crippen LogP contribution in [0.1, 0.15) is 30.0 Å². The molecule has 0 amide bonds. The number of rotatable bonds is 7. The van der Waals surface area contributed by atoms with Gasteiger partial charge in [0.25, 0.3) is 0 Å². The van der Waals surface area contributed by atoms with Gasteiger partial charge >= 0.3 is 0 Å². The summed E-state index contributed by atoms with van der Waals surface area (Å²) in [4.78, 5) is 11.7. The summed E-state index contributed by atoms with van der Waals surface area (Å²) in [6, 6.07) is 26.2. The molecule has 0 radical (unpaired) electrons. The Bertz CT molecular complexity index is 931. The molecule has 27 heavy (non-hydrogen) atoms. The normalized spacial score (nSPS) is 11.3. The van der Waals surface area contributed by atoms with Crippen molar-refractivity contribution in [2.45, 2.75) is 20.0 Å². The summed E-state index contributed by atoms with van der Waals surface area (Å²) < 4.78 is 7.00. The number of halogens is 1. The van der Waals surface area contributed by atoms with Crippen molar-refractivity contribution < 1.29 is 9.53 Å². The van der Waals surface area contributed by atoms with Crippen molar-refractivity contribution in [2.24, 2.45) is 0 Å². The average molecular weight is 468 g/mol. The molecule has 3 aromatic rings. The van der Waals surface area contributed by atoms with Gasteiger partial charge in [0.1, 0.15) is 18.1 Å². The maximum atomic E-state index is 11.7. The Morgan fingerprint density at radius 2 is 1.63 bits per heavy atom. The van der Waals surface area contributed by atoms with Gasteiger partial charge in [0.15, 0.2) is 0 Å². The molecular formula is C24H21IO2. The molecule has 0 spiro atoms. The molecule has 0 fully saturated rings. The maximum absolute atomic E-state index is 11.7. The van der Waals surface area contributed by atoms with E-state index < -0.39 is 0 Å². The Balaban J connectivity index is 1.81. The number of Topliss-reactive ketones (excluding diaryl/α,β-unsaturated/α-hetero) is 1. The fourth-order valence-electron chi connectivity index (χ4n) is 2.80. The van der Waals surface area contributed by atoms with E-state index in [1.807, 2.05) is 66.7 Å². The summed E-state index contributed by atoms with van der Waals surface area (Å²) in [5.41, 5.74) is 4.33. The summed E-state index contributed by atoms with van der Waals surface area (Å²) in [5.74, 6) is 0.996. The van der Waals surface area contributed by atoms with E-state index in [-0.39, 0.29) is 5.78 Å². The van der Waals surface area contributed by atoms with Crippen molar-refractivity contribution in [1.29, 1.82) is 0 Å². The maximum Gasteiger partial charge on any atom is 0.134 e. The van der Waals surface area contributed by atoms with E-state index in [9.17, 15) is 4.79 Å². The zero-order valence-electron chi connectivity index (χ0n) is 15.2. The van der Waals surface area contributed by atoms with Crippen LogP contribution in [0.5, 0.6) is 5.75 Å². The van der Waals surface area contributed by atoms with E-state index in [1.54, 1.807) is 6.92 Å². The van der Waals surface area contributed by atoms with Gasteiger partial charge in [0.05, 0.1) is 0 Å². The van der Waals surface area contributed by atoms with E-state index in [2.05, 4.69) is 40.8 Å². The molecule has 2 nitrogen and oxygen atoms in total. The first-order valence-electron chi connectivity index (χ1n) is 8.83. The SMILES string of the molecule is CC(=O)C/C(=C\c1ccc(OCc2ccccc2)cc1I)c1ccccc1. The predicted molar refractivity (Wildman–Crippen MR) is 120 cm³/mol. The van der Waals surface area contributed by atoms with E-state index in [0.717, 1.165) is 31.6 Å². The van der Waals surface area contributed by atoms with Crippen molar-refractivity contribution >= 4 is 40.0 Å². The highest BCUT2D eigenvalue weighted by Gasteiger charge is 2.07. The number of benzene rings is 3. The highest BCUT2D eigenvalue weighted by Crippen LogP contribution is 2.27. The minimum absolute atomic E-state index is 0.155. The second-order valence-corrected chi connectivity index (χ2v) is 7.53. The molecule has 0 saturated heterocycles. The van der Waals surface area contributed by atoms with Crippen molar-refractivity contribution in [3.63, 3.8) is 0 Å². The molecule has 0 N–H and O–H groups in total. The molecule has 0 saturated carbocycles. The van der Waals surface area contributed by atoms with Crippen LogP contribution in [0.2, 0.25) is 0 Å². The van der Waals surface area contributed by atoms with Gasteiger partial charge < -0.3 is 4.74 Å². The quantitative estimate of drug-likeness (QED) is 0.297. The molecule has 0 unspecified atom stereocenters. The van der Waals surface area contributed by atoms with Gasteiger partial charge in [-0.2, -0.15) is 0 Å². The van der Waals surface area contributed by atoms with Crippen LogP contribution in [0.4, 0.5) is 0 Å². The highest BCUT2D eigenvalue weighted by atomic mass is 127. The molecule has 0 aliphatic heterocycles. The Morgan fingerprint density at radius 1 is 0.963 bits per heavy atom. The van der Waals surface area contributed by atoms with Crippen LogP contribution in [0.15, 0.2) is 78.9 Å². The predicted octanol–water partition coefficient (Wildman–Crippen LogP) is 6.39. The third-order valence-electron chi connectivity index (χ3n) is 4.13. The Morgan fingerprint density at radius 3 is 2.26 bits per heavy atom. The molecule has 0 aliphatic rings. The van der Waals surface area contributed by atoms with Crippen LogP contribution in [-0.4, -0.2) is 5.78 Å².